The van der Waals surface area contributed by atoms with Gasteiger partial charge in [-0.15, -0.1) is 0 Å². The second kappa shape index (κ2) is 6.38. The molecule has 1 saturated heterocycles. The van der Waals surface area contributed by atoms with Gasteiger partial charge in [-0.3, -0.25) is 4.79 Å². The van der Waals surface area contributed by atoms with Crippen molar-refractivity contribution in [3.05, 3.63) is 42.1 Å². The normalized spacial score (nSPS) is 20.5. The Bertz CT molecular complexity index is 738. The first kappa shape index (κ1) is 15.4. The third-order valence-electron chi connectivity index (χ3n) is 5.11. The van der Waals surface area contributed by atoms with Crippen LogP contribution in [0.5, 0.6) is 0 Å². The van der Waals surface area contributed by atoms with Crippen LogP contribution in [0.15, 0.2) is 30.5 Å². The van der Waals surface area contributed by atoms with Crippen LogP contribution in [0.3, 0.4) is 0 Å². The number of H-pyrrole nitrogens is 1. The highest BCUT2D eigenvalue weighted by molar-refractivity contribution is 5.77. The Balaban J connectivity index is 1.50. The first-order valence-corrected chi connectivity index (χ1v) is 8.81. The van der Waals surface area contributed by atoms with Gasteiger partial charge in [0.15, 0.2) is 0 Å². The van der Waals surface area contributed by atoms with E-state index in [2.05, 4.69) is 9.97 Å². The van der Waals surface area contributed by atoms with Crippen LogP contribution in [0.4, 0.5) is 4.39 Å². The lowest BCUT2D eigenvalue weighted by molar-refractivity contribution is -0.132. The number of imidazole rings is 1. The van der Waals surface area contributed by atoms with E-state index in [0.29, 0.717) is 17.7 Å². The lowest BCUT2D eigenvalue weighted by Gasteiger charge is -2.23. The molecule has 24 heavy (non-hydrogen) atoms. The molecule has 0 spiro atoms. The maximum absolute atomic E-state index is 13.9. The Labute approximate surface area is 141 Å². The van der Waals surface area contributed by atoms with Gasteiger partial charge >= 0.3 is 0 Å². The molecule has 1 aromatic heterocycles. The third kappa shape index (κ3) is 3.07. The van der Waals surface area contributed by atoms with E-state index in [0.717, 1.165) is 37.5 Å². The smallest absolute Gasteiger partial charge is 0.223 e. The molecule has 4 rings (SSSR count). The molecule has 1 aliphatic heterocycles. The maximum Gasteiger partial charge on any atom is 0.223 e. The molecule has 4 nitrogen and oxygen atoms in total. The summed E-state index contributed by atoms with van der Waals surface area (Å²) in [6.07, 6.45) is 7.79. The van der Waals surface area contributed by atoms with Crippen LogP contribution in [-0.2, 0) is 4.79 Å². The number of halogens is 1. The van der Waals surface area contributed by atoms with Crippen LogP contribution in [0.1, 0.15) is 50.4 Å². The fraction of sp³-hybridized carbons (Fsp3) is 0.474. The van der Waals surface area contributed by atoms with Crippen LogP contribution < -0.4 is 0 Å². The Morgan fingerprint density at radius 3 is 2.92 bits per heavy atom. The second-order valence-corrected chi connectivity index (χ2v) is 6.89. The maximum atomic E-state index is 13.9. The number of carbonyl (C=O) groups excluding carboxylic acids is 1. The predicted molar refractivity (Wildman–Crippen MR) is 89.6 cm³/mol. The van der Waals surface area contributed by atoms with Crippen molar-refractivity contribution in [1.29, 1.82) is 0 Å². The van der Waals surface area contributed by atoms with E-state index in [1.54, 1.807) is 18.3 Å². The van der Waals surface area contributed by atoms with Crippen LogP contribution in [-0.4, -0.2) is 27.3 Å². The SMILES string of the molecule is O=C(CCC1CC1)N1CCCC1c1ncc(-c2ccccc2F)[nH]1. The van der Waals surface area contributed by atoms with Gasteiger partial charge in [-0.1, -0.05) is 25.0 Å². The van der Waals surface area contributed by atoms with Gasteiger partial charge in [0.25, 0.3) is 0 Å². The van der Waals surface area contributed by atoms with E-state index in [9.17, 15) is 9.18 Å². The number of aromatic nitrogens is 2. The Hall–Kier alpha value is -2.17. The molecular formula is C19H22FN3O. The molecular weight excluding hydrogens is 305 g/mol. The molecule has 1 aliphatic carbocycles. The number of likely N-dealkylation sites (tertiary alicyclic amines) is 1. The Morgan fingerprint density at radius 1 is 1.29 bits per heavy atom. The predicted octanol–water partition coefficient (Wildman–Crippen LogP) is 4.07. The monoisotopic (exact) mass is 327 g/mol. The molecule has 2 fully saturated rings. The fourth-order valence-electron chi connectivity index (χ4n) is 3.55. The van der Waals surface area contributed by atoms with E-state index in [1.807, 2.05) is 11.0 Å². The van der Waals surface area contributed by atoms with Gasteiger partial charge < -0.3 is 9.88 Å². The van der Waals surface area contributed by atoms with Gasteiger partial charge in [0.05, 0.1) is 17.9 Å². The lowest BCUT2D eigenvalue weighted by atomic mass is 10.1. The second-order valence-electron chi connectivity index (χ2n) is 6.89. The molecule has 0 radical (unpaired) electrons. The molecule has 1 N–H and O–H groups in total. The number of rotatable bonds is 5. The summed E-state index contributed by atoms with van der Waals surface area (Å²) in [5.41, 5.74) is 1.18. The molecule has 0 bridgehead atoms. The zero-order chi connectivity index (χ0) is 16.5. The number of nitrogens with zero attached hydrogens (tertiary/aromatic N) is 2. The van der Waals surface area contributed by atoms with Crippen LogP contribution in [0.25, 0.3) is 11.3 Å². The molecule has 1 unspecified atom stereocenters. The van der Waals surface area contributed by atoms with Gasteiger partial charge in [-0.2, -0.15) is 0 Å². The summed E-state index contributed by atoms with van der Waals surface area (Å²) in [5.74, 6) is 1.50. The highest BCUT2D eigenvalue weighted by atomic mass is 19.1. The molecule has 5 heteroatoms. The van der Waals surface area contributed by atoms with Gasteiger partial charge in [-0.25, -0.2) is 9.37 Å². The van der Waals surface area contributed by atoms with E-state index in [-0.39, 0.29) is 17.8 Å². The summed E-state index contributed by atoms with van der Waals surface area (Å²) in [4.78, 5) is 22.1. The van der Waals surface area contributed by atoms with Gasteiger partial charge in [0.1, 0.15) is 11.6 Å². The average molecular weight is 327 g/mol. The van der Waals surface area contributed by atoms with E-state index >= 15 is 0 Å². The van der Waals surface area contributed by atoms with Crippen LogP contribution in [0, 0.1) is 11.7 Å². The first-order chi connectivity index (χ1) is 11.7. The summed E-state index contributed by atoms with van der Waals surface area (Å²) in [6.45, 7) is 0.796. The number of nitrogens with one attached hydrogen (secondary N) is 1. The molecule has 126 valence electrons. The van der Waals surface area contributed by atoms with Crippen molar-refractivity contribution < 1.29 is 9.18 Å². The minimum Gasteiger partial charge on any atom is -0.340 e. The standard InChI is InChI=1S/C19H22FN3O/c20-15-5-2-1-4-14(15)16-12-21-19(22-16)17-6-3-11-23(17)18(24)10-9-13-7-8-13/h1-2,4-5,12-13,17H,3,6-11H2,(H,21,22). The number of aromatic amines is 1. The summed E-state index contributed by atoms with van der Waals surface area (Å²) >= 11 is 0. The van der Waals surface area contributed by atoms with E-state index < -0.39 is 0 Å². The molecule has 1 atom stereocenters. The largest absolute Gasteiger partial charge is 0.340 e. The van der Waals surface area contributed by atoms with Gasteiger partial charge in [0.2, 0.25) is 5.91 Å². The minimum atomic E-state index is -0.267. The molecule has 1 amide bonds. The molecule has 1 saturated carbocycles. The molecule has 2 heterocycles. The van der Waals surface area contributed by atoms with Crippen molar-refractivity contribution >= 4 is 5.91 Å². The Morgan fingerprint density at radius 2 is 2.12 bits per heavy atom. The van der Waals surface area contributed by atoms with Crippen molar-refractivity contribution in [2.24, 2.45) is 5.92 Å². The molecule has 1 aromatic carbocycles. The third-order valence-corrected chi connectivity index (χ3v) is 5.11. The van der Waals surface area contributed by atoms with E-state index in [4.69, 9.17) is 0 Å². The van der Waals surface area contributed by atoms with Crippen molar-refractivity contribution in [2.75, 3.05) is 6.54 Å². The fourth-order valence-corrected chi connectivity index (χ4v) is 3.55. The summed E-state index contributed by atoms with van der Waals surface area (Å²) in [5, 5.41) is 0. The highest BCUT2D eigenvalue weighted by Crippen LogP contribution is 2.36. The molecule has 2 aliphatic rings. The number of amides is 1. The minimum absolute atomic E-state index is 0.00257. The number of hydrogen-bond acceptors (Lipinski definition) is 2. The van der Waals surface area contributed by atoms with Crippen molar-refractivity contribution in [3.63, 3.8) is 0 Å². The zero-order valence-electron chi connectivity index (χ0n) is 13.7. The first-order valence-electron chi connectivity index (χ1n) is 8.81. The summed E-state index contributed by atoms with van der Waals surface area (Å²) < 4.78 is 13.9. The van der Waals surface area contributed by atoms with Crippen molar-refractivity contribution in [3.8, 4) is 11.3 Å². The summed E-state index contributed by atoms with van der Waals surface area (Å²) in [7, 11) is 0. The number of benzene rings is 1. The van der Waals surface area contributed by atoms with Crippen LogP contribution in [0.2, 0.25) is 0 Å². The number of carbonyl (C=O) groups is 1. The van der Waals surface area contributed by atoms with E-state index in [1.165, 1.54) is 18.9 Å². The summed E-state index contributed by atoms with van der Waals surface area (Å²) in [6, 6.07) is 6.66. The lowest BCUT2D eigenvalue weighted by Crippen LogP contribution is -2.30. The molecule has 2 aromatic rings. The van der Waals surface area contributed by atoms with Crippen molar-refractivity contribution in [1.82, 2.24) is 14.9 Å². The quantitative estimate of drug-likeness (QED) is 0.900. The van der Waals surface area contributed by atoms with Crippen molar-refractivity contribution in [2.45, 2.75) is 44.6 Å². The Kier molecular flexibility index (Phi) is 4.08. The highest BCUT2D eigenvalue weighted by Gasteiger charge is 2.33. The average Bonchev–Trinajstić information content (AvgIpc) is 3.09. The number of hydrogen-bond donors (Lipinski definition) is 1. The van der Waals surface area contributed by atoms with Gasteiger partial charge in [-0.05, 0) is 37.3 Å². The van der Waals surface area contributed by atoms with Gasteiger partial charge in [0, 0.05) is 18.5 Å². The van der Waals surface area contributed by atoms with Crippen LogP contribution >= 0.6 is 0 Å². The zero-order valence-corrected chi connectivity index (χ0v) is 13.7. The topological polar surface area (TPSA) is 49.0 Å².